The summed E-state index contributed by atoms with van der Waals surface area (Å²) in [6, 6.07) is 10.1. The Balaban J connectivity index is 2.27. The zero-order chi connectivity index (χ0) is 14.9. The van der Waals surface area contributed by atoms with Gasteiger partial charge in [0.15, 0.2) is 0 Å². The molecule has 2 rings (SSSR count). The molecule has 0 fully saturated rings. The smallest absolute Gasteiger partial charge is 0.0831 e. The summed E-state index contributed by atoms with van der Waals surface area (Å²) in [5.74, 6) is 0. The molecule has 3 heteroatoms. The van der Waals surface area contributed by atoms with E-state index in [0.29, 0.717) is 11.4 Å². The van der Waals surface area contributed by atoms with Crippen LogP contribution in [0, 0.1) is 24.3 Å². The standard InChI is InChI=1S/C17H18ClIO/c1-10-6-11(2)14(12(3)7-10)9-17(20)13-4-5-16(19)15(18)8-13/h4-8,17,20H,9H2,1-3H3. The first-order valence-electron chi connectivity index (χ1n) is 6.58. The lowest BCUT2D eigenvalue weighted by atomic mass is 9.93. The Bertz CT molecular complexity index is 614. The molecule has 0 amide bonds. The highest BCUT2D eigenvalue weighted by atomic mass is 127. The summed E-state index contributed by atoms with van der Waals surface area (Å²) >= 11 is 8.31. The van der Waals surface area contributed by atoms with E-state index in [4.69, 9.17) is 11.6 Å². The largest absolute Gasteiger partial charge is 0.388 e. The molecule has 0 bridgehead atoms. The second kappa shape index (κ2) is 6.46. The maximum Gasteiger partial charge on any atom is 0.0831 e. The Morgan fingerprint density at radius 2 is 1.70 bits per heavy atom. The number of hydrogen-bond acceptors (Lipinski definition) is 1. The number of aryl methyl sites for hydroxylation is 3. The molecular formula is C17H18ClIO. The number of benzene rings is 2. The number of aliphatic hydroxyl groups is 1. The molecule has 1 unspecified atom stereocenters. The second-order valence-corrected chi connectivity index (χ2v) is 6.84. The summed E-state index contributed by atoms with van der Waals surface area (Å²) in [7, 11) is 0. The van der Waals surface area contributed by atoms with Gasteiger partial charge in [-0.1, -0.05) is 35.4 Å². The van der Waals surface area contributed by atoms with Gasteiger partial charge in [0.05, 0.1) is 11.1 Å². The topological polar surface area (TPSA) is 20.2 Å². The first-order chi connectivity index (χ1) is 9.38. The van der Waals surface area contributed by atoms with Gasteiger partial charge in [0.25, 0.3) is 0 Å². The summed E-state index contributed by atoms with van der Waals surface area (Å²) in [4.78, 5) is 0. The van der Waals surface area contributed by atoms with Crippen molar-refractivity contribution in [1.82, 2.24) is 0 Å². The molecule has 0 spiro atoms. The Morgan fingerprint density at radius 1 is 1.10 bits per heavy atom. The third-order valence-electron chi connectivity index (χ3n) is 3.57. The number of rotatable bonds is 3. The van der Waals surface area contributed by atoms with Crippen molar-refractivity contribution in [2.24, 2.45) is 0 Å². The zero-order valence-electron chi connectivity index (χ0n) is 11.9. The Labute approximate surface area is 139 Å². The van der Waals surface area contributed by atoms with E-state index in [1.54, 1.807) is 0 Å². The lowest BCUT2D eigenvalue weighted by Gasteiger charge is -2.16. The van der Waals surface area contributed by atoms with Crippen LogP contribution in [0.4, 0.5) is 0 Å². The first-order valence-corrected chi connectivity index (χ1v) is 8.04. The number of halogens is 2. The molecule has 1 N–H and O–H groups in total. The van der Waals surface area contributed by atoms with Gasteiger partial charge in [-0.05, 0) is 77.7 Å². The first kappa shape index (κ1) is 15.8. The number of aliphatic hydroxyl groups excluding tert-OH is 1. The molecule has 0 aliphatic rings. The van der Waals surface area contributed by atoms with Gasteiger partial charge in [0.1, 0.15) is 0 Å². The molecule has 1 nitrogen and oxygen atoms in total. The Morgan fingerprint density at radius 3 is 2.25 bits per heavy atom. The van der Waals surface area contributed by atoms with E-state index in [-0.39, 0.29) is 0 Å². The molecule has 2 aromatic rings. The SMILES string of the molecule is Cc1cc(C)c(CC(O)c2ccc(I)c(Cl)c2)c(C)c1. The van der Waals surface area contributed by atoms with E-state index in [1.165, 1.54) is 22.3 Å². The van der Waals surface area contributed by atoms with Crippen LogP contribution in [0.2, 0.25) is 5.02 Å². The minimum absolute atomic E-state index is 0.524. The van der Waals surface area contributed by atoms with Gasteiger partial charge >= 0.3 is 0 Å². The van der Waals surface area contributed by atoms with Gasteiger partial charge in [-0.25, -0.2) is 0 Å². The Kier molecular flexibility index (Phi) is 5.10. The van der Waals surface area contributed by atoms with E-state index >= 15 is 0 Å². The molecule has 0 aromatic heterocycles. The average molecular weight is 401 g/mol. The highest BCUT2D eigenvalue weighted by molar-refractivity contribution is 14.1. The lowest BCUT2D eigenvalue weighted by molar-refractivity contribution is 0.178. The molecule has 1 atom stereocenters. The van der Waals surface area contributed by atoms with Crippen molar-refractivity contribution < 1.29 is 5.11 Å². The van der Waals surface area contributed by atoms with Crippen LogP contribution in [-0.4, -0.2) is 5.11 Å². The van der Waals surface area contributed by atoms with Crippen molar-refractivity contribution in [3.05, 3.63) is 66.7 Å². The highest BCUT2D eigenvalue weighted by Gasteiger charge is 2.13. The minimum Gasteiger partial charge on any atom is -0.388 e. The molecule has 106 valence electrons. The van der Waals surface area contributed by atoms with E-state index in [1.807, 2.05) is 18.2 Å². The predicted molar refractivity (Wildman–Crippen MR) is 93.5 cm³/mol. The van der Waals surface area contributed by atoms with Crippen molar-refractivity contribution in [3.63, 3.8) is 0 Å². The van der Waals surface area contributed by atoms with Crippen molar-refractivity contribution in [2.75, 3.05) is 0 Å². The van der Waals surface area contributed by atoms with Gasteiger partial charge in [-0.3, -0.25) is 0 Å². The van der Waals surface area contributed by atoms with E-state index in [9.17, 15) is 5.11 Å². The highest BCUT2D eigenvalue weighted by Crippen LogP contribution is 2.27. The quantitative estimate of drug-likeness (QED) is 0.707. The third kappa shape index (κ3) is 3.54. The third-order valence-corrected chi connectivity index (χ3v) is 5.14. The van der Waals surface area contributed by atoms with Crippen LogP contribution in [0.3, 0.4) is 0 Å². The molecule has 20 heavy (non-hydrogen) atoms. The second-order valence-electron chi connectivity index (χ2n) is 5.27. The monoisotopic (exact) mass is 400 g/mol. The van der Waals surface area contributed by atoms with Crippen molar-refractivity contribution >= 4 is 34.2 Å². The van der Waals surface area contributed by atoms with Crippen LogP contribution in [0.1, 0.15) is 33.9 Å². The van der Waals surface area contributed by atoms with Crippen molar-refractivity contribution in [3.8, 4) is 0 Å². The van der Waals surface area contributed by atoms with Gasteiger partial charge in [-0.2, -0.15) is 0 Å². The molecule has 0 radical (unpaired) electrons. The average Bonchev–Trinajstić information content (AvgIpc) is 2.36. The fraction of sp³-hybridized carbons (Fsp3) is 0.294. The van der Waals surface area contributed by atoms with Crippen LogP contribution in [-0.2, 0) is 6.42 Å². The fourth-order valence-electron chi connectivity index (χ4n) is 2.56. The summed E-state index contributed by atoms with van der Waals surface area (Å²) in [6.45, 7) is 6.30. The van der Waals surface area contributed by atoms with Crippen LogP contribution >= 0.6 is 34.2 Å². The van der Waals surface area contributed by atoms with E-state index in [2.05, 4.69) is 55.5 Å². The maximum absolute atomic E-state index is 10.4. The van der Waals surface area contributed by atoms with Crippen LogP contribution in [0.15, 0.2) is 30.3 Å². The van der Waals surface area contributed by atoms with Crippen molar-refractivity contribution in [1.29, 1.82) is 0 Å². The summed E-state index contributed by atoms with van der Waals surface area (Å²) in [5.41, 5.74) is 5.82. The van der Waals surface area contributed by atoms with Gasteiger partial charge in [0, 0.05) is 9.99 Å². The molecule has 2 aromatic carbocycles. The Hall–Kier alpha value is -0.580. The zero-order valence-corrected chi connectivity index (χ0v) is 14.8. The van der Waals surface area contributed by atoms with Gasteiger partial charge in [-0.15, -0.1) is 0 Å². The van der Waals surface area contributed by atoms with Gasteiger partial charge < -0.3 is 5.11 Å². The number of hydrogen-bond donors (Lipinski definition) is 1. The lowest BCUT2D eigenvalue weighted by Crippen LogP contribution is -2.05. The fourth-order valence-corrected chi connectivity index (χ4v) is 3.09. The molecule has 0 aliphatic heterocycles. The maximum atomic E-state index is 10.4. The normalized spacial score (nSPS) is 12.5. The molecule has 0 aliphatic carbocycles. The molecular weight excluding hydrogens is 383 g/mol. The van der Waals surface area contributed by atoms with Gasteiger partial charge in [0.2, 0.25) is 0 Å². The molecule has 0 heterocycles. The molecule has 0 saturated heterocycles. The van der Waals surface area contributed by atoms with Crippen molar-refractivity contribution in [2.45, 2.75) is 33.3 Å². The predicted octanol–water partition coefficient (Wildman–Crippen LogP) is 5.15. The van der Waals surface area contributed by atoms with E-state index in [0.717, 1.165) is 9.13 Å². The summed E-state index contributed by atoms with van der Waals surface area (Å²) in [6.07, 6.45) is 0.0964. The van der Waals surface area contributed by atoms with Crippen LogP contribution in [0.5, 0.6) is 0 Å². The van der Waals surface area contributed by atoms with E-state index < -0.39 is 6.10 Å². The van der Waals surface area contributed by atoms with Crippen LogP contribution < -0.4 is 0 Å². The summed E-state index contributed by atoms with van der Waals surface area (Å²) in [5, 5.41) is 11.1. The molecule has 0 saturated carbocycles. The summed E-state index contributed by atoms with van der Waals surface area (Å²) < 4.78 is 1.00. The van der Waals surface area contributed by atoms with Crippen LogP contribution in [0.25, 0.3) is 0 Å². The minimum atomic E-state index is -0.524.